The van der Waals surface area contributed by atoms with E-state index in [1.807, 2.05) is 0 Å². The van der Waals surface area contributed by atoms with Crippen LogP contribution in [-0.2, 0) is 14.8 Å². The number of likely N-dealkylation sites (N-methyl/N-ethyl adjacent to an activating group) is 1. The van der Waals surface area contributed by atoms with Crippen molar-refractivity contribution in [1.82, 2.24) is 14.6 Å². The molecule has 9 heteroatoms. The zero-order valence-corrected chi connectivity index (χ0v) is 13.8. The molecule has 20 heavy (non-hydrogen) atoms. The van der Waals surface area contributed by atoms with Crippen LogP contribution in [0.2, 0.25) is 4.47 Å². The Labute approximate surface area is 128 Å². The smallest absolute Gasteiger partial charge is 0.252 e. The highest BCUT2D eigenvalue weighted by Gasteiger charge is 2.25. The van der Waals surface area contributed by atoms with Crippen molar-refractivity contribution in [3.63, 3.8) is 0 Å². The molecule has 0 amide bonds. The average Bonchev–Trinajstić information content (AvgIpc) is 2.77. The number of morpholine rings is 1. The lowest BCUT2D eigenvalue weighted by atomic mass is 10.3. The minimum Gasteiger partial charge on any atom is -0.374 e. The van der Waals surface area contributed by atoms with E-state index in [1.165, 1.54) is 0 Å². The largest absolute Gasteiger partial charge is 0.374 e. The molecule has 0 saturated carbocycles. The lowest BCUT2D eigenvalue weighted by molar-refractivity contribution is -0.0229. The highest BCUT2D eigenvalue weighted by atomic mass is 35.5. The molecule has 0 aliphatic carbocycles. The maximum Gasteiger partial charge on any atom is 0.252 e. The molecule has 0 radical (unpaired) electrons. The van der Waals surface area contributed by atoms with Crippen molar-refractivity contribution in [2.45, 2.75) is 24.2 Å². The Morgan fingerprint density at radius 1 is 1.60 bits per heavy atom. The van der Waals surface area contributed by atoms with E-state index in [0.29, 0.717) is 12.3 Å². The van der Waals surface area contributed by atoms with Gasteiger partial charge in [-0.15, -0.1) is 0 Å². The number of rotatable bonds is 5. The fourth-order valence-electron chi connectivity index (χ4n) is 2.06. The number of aryl methyl sites for hydroxylation is 1. The second kappa shape index (κ2) is 6.67. The van der Waals surface area contributed by atoms with Crippen LogP contribution in [-0.4, -0.2) is 57.2 Å². The van der Waals surface area contributed by atoms with E-state index < -0.39 is 10.0 Å². The van der Waals surface area contributed by atoms with Crippen molar-refractivity contribution in [3.8, 4) is 0 Å². The van der Waals surface area contributed by atoms with Crippen molar-refractivity contribution in [1.29, 1.82) is 0 Å². The van der Waals surface area contributed by atoms with E-state index in [0.717, 1.165) is 31.0 Å². The highest BCUT2D eigenvalue weighted by Crippen LogP contribution is 2.26. The van der Waals surface area contributed by atoms with E-state index in [4.69, 9.17) is 16.3 Å². The summed E-state index contributed by atoms with van der Waals surface area (Å²) >= 11 is 6.71. The topological polar surface area (TPSA) is 71.5 Å². The molecule has 2 rings (SSSR count). The lowest BCUT2D eigenvalue weighted by Gasteiger charge is -2.32. The summed E-state index contributed by atoms with van der Waals surface area (Å²) in [6, 6.07) is 0. The number of ether oxygens (including phenoxy) is 1. The van der Waals surface area contributed by atoms with Crippen LogP contribution in [0, 0.1) is 6.92 Å². The first-order valence-electron chi connectivity index (χ1n) is 6.39. The SMILES string of the molecule is CCN1CCOC(CNS(=O)(=O)c2sc(Cl)nc2C)C1. The quantitative estimate of drug-likeness (QED) is 0.870. The fourth-order valence-corrected chi connectivity index (χ4v) is 4.91. The van der Waals surface area contributed by atoms with Crippen molar-refractivity contribution >= 4 is 33.0 Å². The van der Waals surface area contributed by atoms with Gasteiger partial charge in [-0.1, -0.05) is 29.9 Å². The van der Waals surface area contributed by atoms with Crippen molar-refractivity contribution in [2.75, 3.05) is 32.8 Å². The molecule has 0 aromatic carbocycles. The Bertz CT molecular complexity index is 561. The van der Waals surface area contributed by atoms with Gasteiger partial charge in [0.1, 0.15) is 0 Å². The molecule has 0 bridgehead atoms. The molecular weight excluding hydrogens is 322 g/mol. The number of hydrogen-bond acceptors (Lipinski definition) is 6. The van der Waals surface area contributed by atoms with Gasteiger partial charge in [0, 0.05) is 19.6 Å². The molecule has 1 aliphatic heterocycles. The van der Waals surface area contributed by atoms with Crippen molar-refractivity contribution < 1.29 is 13.2 Å². The first-order valence-corrected chi connectivity index (χ1v) is 9.06. The normalized spacial score (nSPS) is 21.2. The molecule has 1 atom stereocenters. The van der Waals surface area contributed by atoms with E-state index in [9.17, 15) is 8.42 Å². The van der Waals surface area contributed by atoms with Gasteiger partial charge in [-0.25, -0.2) is 18.1 Å². The number of aromatic nitrogens is 1. The molecule has 6 nitrogen and oxygen atoms in total. The molecule has 1 aromatic rings. The summed E-state index contributed by atoms with van der Waals surface area (Å²) in [4.78, 5) is 6.16. The van der Waals surface area contributed by atoms with Crippen molar-refractivity contribution in [2.24, 2.45) is 0 Å². The van der Waals surface area contributed by atoms with Gasteiger partial charge in [0.2, 0.25) is 0 Å². The van der Waals surface area contributed by atoms with Gasteiger partial charge >= 0.3 is 0 Å². The van der Waals surface area contributed by atoms with Crippen LogP contribution in [0.4, 0.5) is 0 Å². The first-order chi connectivity index (χ1) is 9.42. The molecule has 2 heterocycles. The number of nitrogens with zero attached hydrogens (tertiary/aromatic N) is 2. The molecule has 114 valence electrons. The van der Waals surface area contributed by atoms with Crippen LogP contribution in [0.1, 0.15) is 12.6 Å². The zero-order valence-electron chi connectivity index (χ0n) is 11.4. The number of thiazole rings is 1. The summed E-state index contributed by atoms with van der Waals surface area (Å²) < 4.78 is 32.9. The predicted octanol–water partition coefficient (Wildman–Crippen LogP) is 1.10. The second-order valence-electron chi connectivity index (χ2n) is 4.58. The van der Waals surface area contributed by atoms with Crippen LogP contribution < -0.4 is 4.72 Å². The maximum absolute atomic E-state index is 12.2. The summed E-state index contributed by atoms with van der Waals surface area (Å²) in [5.74, 6) is 0. The van der Waals surface area contributed by atoms with Gasteiger partial charge < -0.3 is 4.74 Å². The van der Waals surface area contributed by atoms with Crippen LogP contribution >= 0.6 is 22.9 Å². The minimum atomic E-state index is -3.57. The van der Waals surface area contributed by atoms with E-state index in [2.05, 4.69) is 21.5 Å². The summed E-state index contributed by atoms with van der Waals surface area (Å²) in [6.45, 7) is 7.17. The average molecular weight is 340 g/mol. The molecule has 1 unspecified atom stereocenters. The number of hydrogen-bond donors (Lipinski definition) is 1. The number of halogens is 1. The molecule has 1 aromatic heterocycles. The molecule has 1 N–H and O–H groups in total. The van der Waals surface area contributed by atoms with Crippen LogP contribution in [0.15, 0.2) is 4.21 Å². The summed E-state index contributed by atoms with van der Waals surface area (Å²) in [5.41, 5.74) is 0.423. The molecule has 1 fully saturated rings. The Morgan fingerprint density at radius 2 is 2.35 bits per heavy atom. The summed E-state index contributed by atoms with van der Waals surface area (Å²) in [7, 11) is -3.57. The van der Waals surface area contributed by atoms with E-state index in [-0.39, 0.29) is 21.3 Å². The third kappa shape index (κ3) is 3.90. The Kier molecular flexibility index (Phi) is 5.38. The van der Waals surface area contributed by atoms with Gasteiger partial charge in [0.05, 0.1) is 18.4 Å². The minimum absolute atomic E-state index is 0.123. The van der Waals surface area contributed by atoms with Crippen LogP contribution in [0.3, 0.4) is 0 Å². The molecule has 1 saturated heterocycles. The Morgan fingerprint density at radius 3 is 2.95 bits per heavy atom. The van der Waals surface area contributed by atoms with Gasteiger partial charge in [-0.05, 0) is 13.5 Å². The third-order valence-corrected chi connectivity index (χ3v) is 6.44. The number of sulfonamides is 1. The Hall–Kier alpha value is -0.250. The predicted molar refractivity (Wildman–Crippen MR) is 78.9 cm³/mol. The Balaban J connectivity index is 1.97. The number of nitrogens with one attached hydrogen (secondary N) is 1. The standard InChI is InChI=1S/C11H18ClN3O3S2/c1-3-15-4-5-18-9(7-15)6-13-20(16,17)10-8(2)14-11(12)19-10/h9,13H,3-7H2,1-2H3. The zero-order chi connectivity index (χ0) is 14.8. The summed E-state index contributed by atoms with van der Waals surface area (Å²) in [6.07, 6.45) is -0.123. The van der Waals surface area contributed by atoms with Crippen LogP contribution in [0.25, 0.3) is 0 Å². The molecular formula is C11H18ClN3O3S2. The monoisotopic (exact) mass is 339 g/mol. The summed E-state index contributed by atoms with van der Waals surface area (Å²) in [5, 5.41) is 0. The molecule has 0 spiro atoms. The lowest BCUT2D eigenvalue weighted by Crippen LogP contribution is -2.47. The van der Waals surface area contributed by atoms with Gasteiger partial charge in [-0.2, -0.15) is 0 Å². The van der Waals surface area contributed by atoms with E-state index >= 15 is 0 Å². The van der Waals surface area contributed by atoms with Crippen molar-refractivity contribution in [3.05, 3.63) is 10.2 Å². The van der Waals surface area contributed by atoms with Gasteiger partial charge in [0.15, 0.2) is 8.68 Å². The van der Waals surface area contributed by atoms with Gasteiger partial charge in [0.25, 0.3) is 10.0 Å². The van der Waals surface area contributed by atoms with E-state index in [1.54, 1.807) is 6.92 Å². The van der Waals surface area contributed by atoms with Crippen LogP contribution in [0.5, 0.6) is 0 Å². The maximum atomic E-state index is 12.2. The fraction of sp³-hybridized carbons (Fsp3) is 0.727. The van der Waals surface area contributed by atoms with Gasteiger partial charge in [-0.3, -0.25) is 4.90 Å². The highest BCUT2D eigenvalue weighted by molar-refractivity contribution is 7.91. The third-order valence-electron chi connectivity index (χ3n) is 3.14. The second-order valence-corrected chi connectivity index (χ2v) is 8.12. The molecule has 1 aliphatic rings. The first kappa shape index (κ1) is 16.1.